The van der Waals surface area contributed by atoms with Gasteiger partial charge in [0.2, 0.25) is 0 Å². The van der Waals surface area contributed by atoms with Crippen molar-refractivity contribution >= 4 is 17.3 Å². The average molecular weight is 286 g/mol. The first-order chi connectivity index (χ1) is 9.99. The van der Waals surface area contributed by atoms with Crippen LogP contribution < -0.4 is 5.73 Å². The summed E-state index contributed by atoms with van der Waals surface area (Å²) in [7, 11) is 1.58. The number of rotatable bonds is 4. The van der Waals surface area contributed by atoms with Crippen LogP contribution in [0.2, 0.25) is 0 Å². The second kappa shape index (κ2) is 6.00. The lowest BCUT2D eigenvalue weighted by Crippen LogP contribution is -2.27. The SMILES string of the molecule is CN(Cc1ccncc1)C(=O)c1cc(N)ccc1[N+](=O)[O-]. The molecule has 7 heteroatoms. The van der Waals surface area contributed by atoms with Gasteiger partial charge in [-0.2, -0.15) is 0 Å². The normalized spacial score (nSPS) is 10.1. The summed E-state index contributed by atoms with van der Waals surface area (Å²) in [4.78, 5) is 28.1. The highest BCUT2D eigenvalue weighted by molar-refractivity contribution is 5.98. The van der Waals surface area contributed by atoms with Crippen molar-refractivity contribution in [3.63, 3.8) is 0 Å². The lowest BCUT2D eigenvalue weighted by molar-refractivity contribution is -0.385. The number of amides is 1. The Balaban J connectivity index is 2.27. The number of anilines is 1. The molecule has 0 fully saturated rings. The van der Waals surface area contributed by atoms with E-state index in [-0.39, 0.29) is 11.3 Å². The Hall–Kier alpha value is -2.96. The Morgan fingerprint density at radius 2 is 2.00 bits per heavy atom. The van der Waals surface area contributed by atoms with E-state index in [2.05, 4.69) is 4.98 Å². The highest BCUT2D eigenvalue weighted by Gasteiger charge is 2.23. The molecule has 0 atom stereocenters. The van der Waals surface area contributed by atoms with E-state index >= 15 is 0 Å². The third kappa shape index (κ3) is 3.33. The van der Waals surface area contributed by atoms with E-state index in [1.807, 2.05) is 0 Å². The van der Waals surface area contributed by atoms with Crippen LogP contribution in [-0.2, 0) is 6.54 Å². The van der Waals surface area contributed by atoms with E-state index in [1.54, 1.807) is 31.6 Å². The molecular formula is C14H14N4O3. The molecule has 21 heavy (non-hydrogen) atoms. The van der Waals surface area contributed by atoms with E-state index in [9.17, 15) is 14.9 Å². The van der Waals surface area contributed by atoms with Crippen molar-refractivity contribution < 1.29 is 9.72 Å². The number of benzene rings is 1. The fourth-order valence-electron chi connectivity index (χ4n) is 1.92. The zero-order chi connectivity index (χ0) is 15.4. The molecule has 0 saturated carbocycles. The van der Waals surface area contributed by atoms with Crippen molar-refractivity contribution in [2.45, 2.75) is 6.54 Å². The Kier molecular flexibility index (Phi) is 4.13. The summed E-state index contributed by atoms with van der Waals surface area (Å²) >= 11 is 0. The molecule has 0 aliphatic carbocycles. The zero-order valence-electron chi connectivity index (χ0n) is 11.4. The Bertz CT molecular complexity index is 673. The number of hydrogen-bond donors (Lipinski definition) is 1. The highest BCUT2D eigenvalue weighted by atomic mass is 16.6. The van der Waals surface area contributed by atoms with Gasteiger partial charge in [-0.1, -0.05) is 0 Å². The molecule has 1 aromatic carbocycles. The van der Waals surface area contributed by atoms with Crippen molar-refractivity contribution in [1.29, 1.82) is 0 Å². The summed E-state index contributed by atoms with van der Waals surface area (Å²) in [5.74, 6) is -0.453. The van der Waals surface area contributed by atoms with Gasteiger partial charge in [-0.25, -0.2) is 0 Å². The van der Waals surface area contributed by atoms with E-state index in [1.165, 1.54) is 23.1 Å². The van der Waals surface area contributed by atoms with Gasteiger partial charge in [-0.05, 0) is 29.8 Å². The fourth-order valence-corrected chi connectivity index (χ4v) is 1.92. The molecule has 0 spiro atoms. The molecule has 0 aliphatic rings. The van der Waals surface area contributed by atoms with E-state index in [4.69, 9.17) is 5.73 Å². The Labute approximate surface area is 121 Å². The van der Waals surface area contributed by atoms with Crippen LogP contribution in [0.1, 0.15) is 15.9 Å². The maximum absolute atomic E-state index is 12.4. The highest BCUT2D eigenvalue weighted by Crippen LogP contribution is 2.23. The van der Waals surface area contributed by atoms with Crippen LogP contribution in [-0.4, -0.2) is 27.8 Å². The molecule has 2 rings (SSSR count). The van der Waals surface area contributed by atoms with Gasteiger partial charge in [-0.3, -0.25) is 19.9 Å². The molecule has 2 aromatic rings. The Morgan fingerprint density at radius 3 is 2.62 bits per heavy atom. The molecule has 0 saturated heterocycles. The number of nitrogens with two attached hydrogens (primary N) is 1. The quantitative estimate of drug-likeness (QED) is 0.525. The predicted octanol–water partition coefficient (Wildman–Crippen LogP) is 1.84. The van der Waals surface area contributed by atoms with Crippen LogP contribution in [0.5, 0.6) is 0 Å². The molecule has 1 aromatic heterocycles. The van der Waals surface area contributed by atoms with Crippen LogP contribution in [0, 0.1) is 10.1 Å². The van der Waals surface area contributed by atoms with E-state index < -0.39 is 10.8 Å². The van der Waals surface area contributed by atoms with Gasteiger partial charge in [0.25, 0.3) is 11.6 Å². The molecule has 0 radical (unpaired) electrons. The first-order valence-electron chi connectivity index (χ1n) is 6.17. The molecule has 0 bridgehead atoms. The minimum atomic E-state index is -0.590. The van der Waals surface area contributed by atoms with E-state index in [0.29, 0.717) is 12.2 Å². The van der Waals surface area contributed by atoms with Crippen molar-refractivity contribution in [2.75, 3.05) is 12.8 Å². The third-order valence-corrected chi connectivity index (χ3v) is 2.96. The van der Waals surface area contributed by atoms with Crippen molar-refractivity contribution in [3.8, 4) is 0 Å². The lowest BCUT2D eigenvalue weighted by Gasteiger charge is -2.17. The molecule has 7 nitrogen and oxygen atoms in total. The van der Waals surface area contributed by atoms with Crippen molar-refractivity contribution in [3.05, 3.63) is 64.0 Å². The summed E-state index contributed by atoms with van der Waals surface area (Å²) in [6.45, 7) is 0.327. The first kappa shape index (κ1) is 14.4. The zero-order valence-corrected chi connectivity index (χ0v) is 11.4. The summed E-state index contributed by atoms with van der Waals surface area (Å²) in [6, 6.07) is 7.51. The number of carbonyl (C=O) groups excluding carboxylic acids is 1. The molecule has 0 unspecified atom stereocenters. The standard InChI is InChI=1S/C14H14N4O3/c1-17(9-10-4-6-16-7-5-10)14(19)12-8-11(15)2-3-13(12)18(20)21/h2-8H,9,15H2,1H3. The second-order valence-electron chi connectivity index (χ2n) is 4.55. The maximum atomic E-state index is 12.4. The fraction of sp³-hybridized carbons (Fsp3) is 0.143. The minimum Gasteiger partial charge on any atom is -0.399 e. The molecule has 0 aliphatic heterocycles. The minimum absolute atomic E-state index is 0.0171. The average Bonchev–Trinajstić information content (AvgIpc) is 2.47. The van der Waals surface area contributed by atoms with Gasteiger partial charge in [-0.15, -0.1) is 0 Å². The van der Waals surface area contributed by atoms with Crippen LogP contribution >= 0.6 is 0 Å². The summed E-state index contributed by atoms with van der Waals surface area (Å²) in [5, 5.41) is 11.0. The number of nitrogen functional groups attached to an aromatic ring is 1. The summed E-state index contributed by atoms with van der Waals surface area (Å²) in [6.07, 6.45) is 3.24. The molecular weight excluding hydrogens is 272 g/mol. The number of carbonyl (C=O) groups is 1. The maximum Gasteiger partial charge on any atom is 0.282 e. The third-order valence-electron chi connectivity index (χ3n) is 2.96. The number of hydrogen-bond acceptors (Lipinski definition) is 5. The molecule has 108 valence electrons. The number of nitro benzene ring substituents is 1. The van der Waals surface area contributed by atoms with Gasteiger partial charge in [0, 0.05) is 37.7 Å². The molecule has 1 heterocycles. The summed E-state index contributed by atoms with van der Waals surface area (Å²) < 4.78 is 0. The predicted molar refractivity (Wildman–Crippen MR) is 77.5 cm³/mol. The van der Waals surface area contributed by atoms with Gasteiger partial charge in [0.15, 0.2) is 0 Å². The molecule has 2 N–H and O–H groups in total. The number of nitro groups is 1. The number of pyridine rings is 1. The largest absolute Gasteiger partial charge is 0.399 e. The van der Waals surface area contributed by atoms with Crippen molar-refractivity contribution in [1.82, 2.24) is 9.88 Å². The first-order valence-corrected chi connectivity index (χ1v) is 6.17. The lowest BCUT2D eigenvalue weighted by atomic mass is 10.1. The number of aromatic nitrogens is 1. The van der Waals surface area contributed by atoms with Gasteiger partial charge >= 0.3 is 0 Å². The molecule has 1 amide bonds. The monoisotopic (exact) mass is 286 g/mol. The summed E-state index contributed by atoms with van der Waals surface area (Å²) in [5.41, 5.74) is 6.53. The van der Waals surface area contributed by atoms with Crippen molar-refractivity contribution in [2.24, 2.45) is 0 Å². The van der Waals surface area contributed by atoms with Crippen LogP contribution in [0.3, 0.4) is 0 Å². The number of nitrogens with zero attached hydrogens (tertiary/aromatic N) is 3. The Morgan fingerprint density at radius 1 is 1.33 bits per heavy atom. The van der Waals surface area contributed by atoms with Gasteiger partial charge < -0.3 is 10.6 Å². The van der Waals surface area contributed by atoms with E-state index in [0.717, 1.165) is 5.56 Å². The van der Waals surface area contributed by atoms with Gasteiger partial charge in [0.1, 0.15) is 5.56 Å². The van der Waals surface area contributed by atoms with Crippen LogP contribution in [0.4, 0.5) is 11.4 Å². The van der Waals surface area contributed by atoms with Gasteiger partial charge in [0.05, 0.1) is 4.92 Å². The van der Waals surface area contributed by atoms with Crippen LogP contribution in [0.15, 0.2) is 42.7 Å². The topological polar surface area (TPSA) is 102 Å². The van der Waals surface area contributed by atoms with Crippen LogP contribution in [0.25, 0.3) is 0 Å². The smallest absolute Gasteiger partial charge is 0.282 e. The second-order valence-corrected chi connectivity index (χ2v) is 4.55.